The minimum Gasteiger partial charge on any atom is -0.369 e. The summed E-state index contributed by atoms with van der Waals surface area (Å²) in [6, 6.07) is 10.9. The third-order valence-electron chi connectivity index (χ3n) is 4.67. The lowest BCUT2D eigenvalue weighted by Gasteiger charge is -2.34. The standard InChI is InChI=1S/C15H20N2O/c16-14(18)15(7-8-15)12-6-9-17-13(10-12)11-4-2-1-3-5-11/h1-5,12-13,17H,6-10H2,(H2,16,18). The van der Waals surface area contributed by atoms with Crippen LogP contribution in [0, 0.1) is 11.3 Å². The Bertz CT molecular complexity index is 439. The summed E-state index contributed by atoms with van der Waals surface area (Å²) in [6.07, 6.45) is 4.10. The Morgan fingerprint density at radius 3 is 2.61 bits per heavy atom. The predicted octanol–water partition coefficient (Wildman–Crippen LogP) is 1.99. The molecule has 0 radical (unpaired) electrons. The Morgan fingerprint density at radius 2 is 2.00 bits per heavy atom. The number of primary amides is 1. The van der Waals surface area contributed by atoms with Crippen molar-refractivity contribution in [1.29, 1.82) is 0 Å². The molecule has 1 aromatic carbocycles. The summed E-state index contributed by atoms with van der Waals surface area (Å²) in [5.41, 5.74) is 6.74. The van der Waals surface area contributed by atoms with Gasteiger partial charge in [-0.15, -0.1) is 0 Å². The average Bonchev–Trinajstić information content (AvgIpc) is 3.21. The number of nitrogens with two attached hydrogens (primary N) is 1. The van der Waals surface area contributed by atoms with Gasteiger partial charge in [0.15, 0.2) is 0 Å². The van der Waals surface area contributed by atoms with Gasteiger partial charge in [0, 0.05) is 6.04 Å². The summed E-state index contributed by atoms with van der Waals surface area (Å²) in [6.45, 7) is 0.985. The Kier molecular flexibility index (Phi) is 2.86. The van der Waals surface area contributed by atoms with Crippen molar-refractivity contribution in [2.75, 3.05) is 6.54 Å². The van der Waals surface area contributed by atoms with E-state index < -0.39 is 0 Å². The fourth-order valence-corrected chi connectivity index (χ4v) is 3.35. The first-order valence-corrected chi connectivity index (χ1v) is 6.80. The van der Waals surface area contributed by atoms with Gasteiger partial charge >= 0.3 is 0 Å². The molecule has 1 aromatic rings. The molecule has 3 nitrogen and oxygen atoms in total. The molecule has 1 aliphatic carbocycles. The van der Waals surface area contributed by atoms with Gasteiger partial charge in [0.25, 0.3) is 0 Å². The monoisotopic (exact) mass is 244 g/mol. The van der Waals surface area contributed by atoms with Gasteiger partial charge in [0.1, 0.15) is 0 Å². The van der Waals surface area contributed by atoms with Gasteiger partial charge in [-0.05, 0) is 43.7 Å². The van der Waals surface area contributed by atoms with Crippen LogP contribution in [0.4, 0.5) is 0 Å². The molecule has 1 saturated heterocycles. The highest BCUT2D eigenvalue weighted by Crippen LogP contribution is 2.56. The lowest BCUT2D eigenvalue weighted by Crippen LogP contribution is -2.40. The van der Waals surface area contributed by atoms with Crippen molar-refractivity contribution in [1.82, 2.24) is 5.32 Å². The maximum atomic E-state index is 11.6. The summed E-state index contributed by atoms with van der Waals surface area (Å²) >= 11 is 0. The van der Waals surface area contributed by atoms with E-state index in [-0.39, 0.29) is 11.3 Å². The van der Waals surface area contributed by atoms with Gasteiger partial charge in [0.05, 0.1) is 5.41 Å². The van der Waals surface area contributed by atoms with Crippen LogP contribution in [0.15, 0.2) is 30.3 Å². The van der Waals surface area contributed by atoms with Gasteiger partial charge in [-0.3, -0.25) is 4.79 Å². The summed E-state index contributed by atoms with van der Waals surface area (Å²) < 4.78 is 0. The van der Waals surface area contributed by atoms with E-state index in [1.165, 1.54) is 5.56 Å². The number of piperidine rings is 1. The lowest BCUT2D eigenvalue weighted by atomic mass is 9.77. The molecule has 0 aromatic heterocycles. The summed E-state index contributed by atoms with van der Waals surface area (Å²) in [7, 11) is 0. The van der Waals surface area contributed by atoms with Crippen LogP contribution in [-0.2, 0) is 4.79 Å². The van der Waals surface area contributed by atoms with Crippen LogP contribution in [0.3, 0.4) is 0 Å². The molecule has 2 aliphatic rings. The lowest BCUT2D eigenvalue weighted by molar-refractivity contribution is -0.125. The first kappa shape index (κ1) is 11.7. The molecule has 0 spiro atoms. The van der Waals surface area contributed by atoms with Gasteiger partial charge in [-0.1, -0.05) is 30.3 Å². The van der Waals surface area contributed by atoms with Crippen LogP contribution < -0.4 is 11.1 Å². The maximum absolute atomic E-state index is 11.6. The summed E-state index contributed by atoms with van der Waals surface area (Å²) in [5, 5.41) is 3.55. The van der Waals surface area contributed by atoms with Gasteiger partial charge in [0.2, 0.25) is 5.91 Å². The number of carbonyl (C=O) groups excluding carboxylic acids is 1. The van der Waals surface area contributed by atoms with Crippen LogP contribution in [0.2, 0.25) is 0 Å². The van der Waals surface area contributed by atoms with Crippen LogP contribution in [0.5, 0.6) is 0 Å². The van der Waals surface area contributed by atoms with E-state index in [4.69, 9.17) is 5.73 Å². The van der Waals surface area contributed by atoms with Crippen molar-refractivity contribution in [2.24, 2.45) is 17.1 Å². The van der Waals surface area contributed by atoms with Crippen molar-refractivity contribution < 1.29 is 4.79 Å². The van der Waals surface area contributed by atoms with Crippen LogP contribution in [-0.4, -0.2) is 12.5 Å². The van der Waals surface area contributed by atoms with Crippen molar-refractivity contribution >= 4 is 5.91 Å². The molecular formula is C15H20N2O. The molecule has 18 heavy (non-hydrogen) atoms. The SMILES string of the molecule is NC(=O)C1(C2CCNC(c3ccccc3)C2)CC1. The molecule has 0 bridgehead atoms. The zero-order valence-corrected chi connectivity index (χ0v) is 10.6. The number of hydrogen-bond donors (Lipinski definition) is 2. The topological polar surface area (TPSA) is 55.1 Å². The third-order valence-corrected chi connectivity index (χ3v) is 4.67. The second kappa shape index (κ2) is 4.39. The number of benzene rings is 1. The summed E-state index contributed by atoms with van der Waals surface area (Å²) in [4.78, 5) is 11.6. The number of nitrogens with one attached hydrogen (secondary N) is 1. The molecular weight excluding hydrogens is 224 g/mol. The fraction of sp³-hybridized carbons (Fsp3) is 0.533. The minimum atomic E-state index is -0.171. The van der Waals surface area contributed by atoms with Crippen molar-refractivity contribution in [3.8, 4) is 0 Å². The highest BCUT2D eigenvalue weighted by atomic mass is 16.1. The van der Waals surface area contributed by atoms with E-state index in [9.17, 15) is 4.79 Å². The third kappa shape index (κ3) is 1.93. The van der Waals surface area contributed by atoms with Gasteiger partial charge < -0.3 is 11.1 Å². The normalized spacial score (nSPS) is 29.8. The van der Waals surface area contributed by atoms with E-state index in [0.29, 0.717) is 12.0 Å². The highest BCUT2D eigenvalue weighted by Gasteiger charge is 2.54. The molecule has 1 heterocycles. The van der Waals surface area contributed by atoms with E-state index in [1.807, 2.05) is 6.07 Å². The molecule has 3 heteroatoms. The fourth-order valence-electron chi connectivity index (χ4n) is 3.35. The first-order chi connectivity index (χ1) is 8.72. The molecule has 2 unspecified atom stereocenters. The molecule has 1 saturated carbocycles. The second-order valence-corrected chi connectivity index (χ2v) is 5.66. The molecule has 96 valence electrons. The number of hydrogen-bond acceptors (Lipinski definition) is 2. The Balaban J connectivity index is 1.75. The molecule has 2 fully saturated rings. The average molecular weight is 244 g/mol. The highest BCUT2D eigenvalue weighted by molar-refractivity contribution is 5.84. The zero-order chi connectivity index (χ0) is 12.6. The number of carbonyl (C=O) groups is 1. The van der Waals surface area contributed by atoms with E-state index in [1.54, 1.807) is 0 Å². The smallest absolute Gasteiger partial charge is 0.223 e. The Hall–Kier alpha value is -1.35. The largest absolute Gasteiger partial charge is 0.369 e. The van der Waals surface area contributed by atoms with E-state index in [0.717, 1.165) is 32.2 Å². The Morgan fingerprint density at radius 1 is 1.28 bits per heavy atom. The van der Waals surface area contributed by atoms with Crippen molar-refractivity contribution in [3.05, 3.63) is 35.9 Å². The van der Waals surface area contributed by atoms with Crippen LogP contribution in [0.1, 0.15) is 37.3 Å². The molecule has 2 atom stereocenters. The maximum Gasteiger partial charge on any atom is 0.223 e. The predicted molar refractivity (Wildman–Crippen MR) is 70.8 cm³/mol. The van der Waals surface area contributed by atoms with Crippen molar-refractivity contribution in [2.45, 2.75) is 31.7 Å². The van der Waals surface area contributed by atoms with Crippen molar-refractivity contribution in [3.63, 3.8) is 0 Å². The molecule has 3 N–H and O–H groups in total. The van der Waals surface area contributed by atoms with E-state index in [2.05, 4.69) is 29.6 Å². The quantitative estimate of drug-likeness (QED) is 0.854. The zero-order valence-electron chi connectivity index (χ0n) is 10.6. The Labute approximate surface area is 108 Å². The number of amides is 1. The molecule has 3 rings (SSSR count). The number of rotatable bonds is 3. The minimum absolute atomic E-state index is 0.0822. The first-order valence-electron chi connectivity index (χ1n) is 6.80. The second-order valence-electron chi connectivity index (χ2n) is 5.66. The van der Waals surface area contributed by atoms with Gasteiger partial charge in [-0.2, -0.15) is 0 Å². The summed E-state index contributed by atoms with van der Waals surface area (Å²) in [5.74, 6) is 0.377. The van der Waals surface area contributed by atoms with Crippen LogP contribution >= 0.6 is 0 Å². The molecule has 1 aliphatic heterocycles. The van der Waals surface area contributed by atoms with Crippen LogP contribution in [0.25, 0.3) is 0 Å². The molecule has 1 amide bonds. The van der Waals surface area contributed by atoms with E-state index >= 15 is 0 Å². The van der Waals surface area contributed by atoms with Gasteiger partial charge in [-0.25, -0.2) is 0 Å².